The fourth-order valence-corrected chi connectivity index (χ4v) is 0.352. The molecule has 0 atom stereocenters. The molecule has 0 saturated heterocycles. The zero-order valence-electron chi connectivity index (χ0n) is 6.68. The van der Waals surface area contributed by atoms with Crippen LogP contribution in [0.15, 0.2) is 0 Å². The highest BCUT2D eigenvalue weighted by atomic mass is 16.4. The van der Waals surface area contributed by atoms with Crippen molar-refractivity contribution in [2.24, 2.45) is 0 Å². The molecule has 1 N–H and O–H groups in total. The van der Waals surface area contributed by atoms with Crippen LogP contribution in [0.4, 0.5) is 0 Å². The van der Waals surface area contributed by atoms with Crippen LogP contribution >= 0.6 is 0 Å². The monoisotopic (exact) mass is 146 g/mol. The summed E-state index contributed by atoms with van der Waals surface area (Å²) in [5.41, 5.74) is 0. The summed E-state index contributed by atoms with van der Waals surface area (Å²) in [6.07, 6.45) is 1.72. The van der Waals surface area contributed by atoms with E-state index in [9.17, 15) is 4.79 Å². The molecule has 0 aliphatic heterocycles. The van der Waals surface area contributed by atoms with Crippen LogP contribution < -0.4 is 0 Å². The number of carbonyl (C=O) groups is 2. The number of ketones is 1. The molecule has 0 heterocycles. The largest absolute Gasteiger partial charge is 0.481 e. The second kappa shape index (κ2) is 8.14. The van der Waals surface area contributed by atoms with Crippen LogP contribution in [0.5, 0.6) is 0 Å². The molecule has 0 aromatic carbocycles. The molecule has 0 spiro atoms. The average Bonchev–Trinajstić information content (AvgIpc) is 1.62. The Kier molecular flexibility index (Phi) is 9.67. The molecule has 0 bridgehead atoms. The summed E-state index contributed by atoms with van der Waals surface area (Å²) in [5, 5.41) is 7.42. The summed E-state index contributed by atoms with van der Waals surface area (Å²) in [6, 6.07) is 0. The second-order valence-corrected chi connectivity index (χ2v) is 1.97. The molecule has 0 saturated carbocycles. The van der Waals surface area contributed by atoms with Gasteiger partial charge in [-0.15, -0.1) is 0 Å². The second-order valence-electron chi connectivity index (χ2n) is 1.97. The van der Waals surface area contributed by atoms with Gasteiger partial charge in [-0.05, 0) is 13.3 Å². The summed E-state index contributed by atoms with van der Waals surface area (Å²) >= 11 is 0. The molecule has 3 nitrogen and oxygen atoms in total. The van der Waals surface area contributed by atoms with Crippen molar-refractivity contribution < 1.29 is 14.7 Å². The number of hydrogen-bond acceptors (Lipinski definition) is 2. The van der Waals surface area contributed by atoms with E-state index in [4.69, 9.17) is 9.90 Å². The highest BCUT2D eigenvalue weighted by Gasteiger charge is 1.83. The fraction of sp³-hybridized carbons (Fsp3) is 0.714. The number of rotatable bonds is 2. The normalized spacial score (nSPS) is 7.50. The van der Waals surface area contributed by atoms with Crippen LogP contribution in [-0.4, -0.2) is 16.9 Å². The van der Waals surface area contributed by atoms with Crippen molar-refractivity contribution in [1.29, 1.82) is 0 Å². The topological polar surface area (TPSA) is 54.4 Å². The Bertz CT molecular complexity index is 103. The molecule has 0 unspecified atom stereocenters. The van der Waals surface area contributed by atoms with Crippen molar-refractivity contribution in [1.82, 2.24) is 0 Å². The van der Waals surface area contributed by atoms with E-state index in [1.165, 1.54) is 0 Å². The Hall–Kier alpha value is -0.860. The molecule has 60 valence electrons. The minimum absolute atomic E-state index is 0.289. The van der Waals surface area contributed by atoms with Crippen LogP contribution in [-0.2, 0) is 9.59 Å². The molecule has 0 amide bonds. The third-order valence-electron chi connectivity index (χ3n) is 0.602. The molecule has 0 aromatic rings. The quantitative estimate of drug-likeness (QED) is 0.641. The van der Waals surface area contributed by atoms with Gasteiger partial charge in [0.25, 0.3) is 5.97 Å². The van der Waals surface area contributed by atoms with Crippen LogP contribution in [0, 0.1) is 0 Å². The number of carboxylic acids is 1. The molecule has 0 aliphatic carbocycles. The summed E-state index contributed by atoms with van der Waals surface area (Å²) in [7, 11) is 0. The highest BCUT2D eigenvalue weighted by Crippen LogP contribution is 1.84. The Labute approximate surface area is 61.1 Å². The minimum atomic E-state index is -0.833. The molecule has 0 rings (SSSR count). The zero-order valence-corrected chi connectivity index (χ0v) is 6.68. The molecule has 0 fully saturated rings. The predicted molar refractivity (Wildman–Crippen MR) is 38.9 cm³/mol. The molecule has 10 heavy (non-hydrogen) atoms. The van der Waals surface area contributed by atoms with Crippen molar-refractivity contribution in [3.05, 3.63) is 0 Å². The third-order valence-corrected chi connectivity index (χ3v) is 0.602. The van der Waals surface area contributed by atoms with Crippen molar-refractivity contribution in [2.75, 3.05) is 0 Å². The smallest absolute Gasteiger partial charge is 0.300 e. The van der Waals surface area contributed by atoms with E-state index in [2.05, 4.69) is 0 Å². The zero-order chi connectivity index (χ0) is 8.57. The lowest BCUT2D eigenvalue weighted by Gasteiger charge is -1.80. The van der Waals surface area contributed by atoms with Crippen molar-refractivity contribution in [2.45, 2.75) is 33.6 Å². The van der Waals surface area contributed by atoms with Crippen molar-refractivity contribution in [3.63, 3.8) is 0 Å². The molecule has 3 heteroatoms. The van der Waals surface area contributed by atoms with Crippen LogP contribution in [0.2, 0.25) is 0 Å². The van der Waals surface area contributed by atoms with E-state index in [-0.39, 0.29) is 5.78 Å². The first kappa shape index (κ1) is 11.9. The van der Waals surface area contributed by atoms with Gasteiger partial charge in [0.2, 0.25) is 0 Å². The first-order chi connectivity index (χ1) is 4.50. The fourth-order valence-electron chi connectivity index (χ4n) is 0.352. The van der Waals surface area contributed by atoms with E-state index >= 15 is 0 Å². The maximum atomic E-state index is 10.0. The van der Waals surface area contributed by atoms with E-state index in [1.54, 1.807) is 6.92 Å². The lowest BCUT2D eigenvalue weighted by Crippen LogP contribution is -1.84. The van der Waals surface area contributed by atoms with Gasteiger partial charge in [0.05, 0.1) is 0 Å². The number of carboxylic acid groups (broad SMARTS) is 1. The van der Waals surface area contributed by atoms with E-state index < -0.39 is 5.97 Å². The highest BCUT2D eigenvalue weighted by molar-refractivity contribution is 5.75. The van der Waals surface area contributed by atoms with Crippen LogP contribution in [0.3, 0.4) is 0 Å². The maximum Gasteiger partial charge on any atom is 0.300 e. The van der Waals surface area contributed by atoms with Crippen molar-refractivity contribution in [3.8, 4) is 0 Å². The van der Waals surface area contributed by atoms with Gasteiger partial charge < -0.3 is 9.90 Å². The van der Waals surface area contributed by atoms with E-state index in [0.29, 0.717) is 0 Å². The standard InChI is InChI=1S/C5H10O.C2H4O2/c1-3-4-5(2)6;1-2(3)4/h3-4H2,1-2H3;1H3,(H,3,4). The summed E-state index contributed by atoms with van der Waals surface area (Å²) in [4.78, 5) is 19.0. The summed E-state index contributed by atoms with van der Waals surface area (Å²) < 4.78 is 0. The first-order valence-corrected chi connectivity index (χ1v) is 3.19. The number of carbonyl (C=O) groups excluding carboxylic acids is 1. The predicted octanol–water partition coefficient (Wildman–Crippen LogP) is 1.47. The van der Waals surface area contributed by atoms with Crippen molar-refractivity contribution >= 4 is 11.8 Å². The number of hydrogen-bond donors (Lipinski definition) is 1. The van der Waals surface area contributed by atoms with Gasteiger partial charge in [0.15, 0.2) is 0 Å². The average molecular weight is 146 g/mol. The summed E-state index contributed by atoms with van der Waals surface area (Å²) in [6.45, 7) is 4.70. The maximum absolute atomic E-state index is 10.0. The number of Topliss-reactive ketones (excluding diaryl/α,β-unsaturated/α-hetero) is 1. The Morgan fingerprint density at radius 1 is 1.30 bits per heavy atom. The van der Waals surface area contributed by atoms with Crippen LogP contribution in [0.25, 0.3) is 0 Å². The molecular formula is C7H14O3. The third kappa shape index (κ3) is 58.8. The Morgan fingerprint density at radius 2 is 1.60 bits per heavy atom. The first-order valence-electron chi connectivity index (χ1n) is 3.19. The molecular weight excluding hydrogens is 132 g/mol. The minimum Gasteiger partial charge on any atom is -0.481 e. The van der Waals surface area contributed by atoms with Gasteiger partial charge in [-0.25, -0.2) is 0 Å². The molecule has 0 radical (unpaired) electrons. The van der Waals surface area contributed by atoms with Gasteiger partial charge in [0, 0.05) is 13.3 Å². The summed E-state index contributed by atoms with van der Waals surface area (Å²) in [5.74, 6) is -0.544. The van der Waals surface area contributed by atoms with Gasteiger partial charge >= 0.3 is 0 Å². The van der Waals surface area contributed by atoms with E-state index in [1.807, 2.05) is 6.92 Å². The Balaban J connectivity index is 0. The van der Waals surface area contributed by atoms with Gasteiger partial charge in [-0.1, -0.05) is 6.92 Å². The SMILES string of the molecule is CC(=O)O.CCCC(C)=O. The molecule has 0 aromatic heterocycles. The van der Waals surface area contributed by atoms with Gasteiger partial charge in [-0.3, -0.25) is 4.79 Å². The molecule has 0 aliphatic rings. The number of aliphatic carboxylic acids is 1. The van der Waals surface area contributed by atoms with Crippen LogP contribution in [0.1, 0.15) is 33.6 Å². The Morgan fingerprint density at radius 3 is 1.60 bits per heavy atom. The van der Waals surface area contributed by atoms with Gasteiger partial charge in [-0.2, -0.15) is 0 Å². The van der Waals surface area contributed by atoms with Gasteiger partial charge in [0.1, 0.15) is 5.78 Å². The lowest BCUT2D eigenvalue weighted by molar-refractivity contribution is -0.134. The van der Waals surface area contributed by atoms with E-state index in [0.717, 1.165) is 19.8 Å². The lowest BCUT2D eigenvalue weighted by atomic mass is 10.3.